The molecular weight excluding hydrogens is 751 g/mol. The number of quaternary nitrogens is 1. The van der Waals surface area contributed by atoms with Gasteiger partial charge in [0.15, 0.2) is 6.10 Å². The summed E-state index contributed by atoms with van der Waals surface area (Å²) in [7, 11) is 5.40. The Balaban J connectivity index is 4.32. The Kier molecular flexibility index (Phi) is 40.6. The lowest BCUT2D eigenvalue weighted by Gasteiger charge is -2.34. The van der Waals surface area contributed by atoms with E-state index in [1.807, 2.05) is 0 Å². The first-order valence-electron chi connectivity index (χ1n) is 24.3. The van der Waals surface area contributed by atoms with Crippen LogP contribution in [0, 0.1) is 0 Å². The Morgan fingerprint density at radius 1 is 0.533 bits per heavy atom. The number of aliphatic carboxylic acids is 1. The third-order valence-electron chi connectivity index (χ3n) is 10.7. The lowest BCUT2D eigenvalue weighted by atomic mass is 10.0. The summed E-state index contributed by atoms with van der Waals surface area (Å²) in [5.74, 6) is -1.77. The topological polar surface area (TPSA) is 102 Å². The quantitative estimate of drug-likeness (QED) is 0.0198. The van der Waals surface area contributed by atoms with Gasteiger partial charge in [-0.2, -0.15) is 0 Å². The van der Waals surface area contributed by atoms with E-state index in [1.165, 1.54) is 96.3 Å². The van der Waals surface area contributed by atoms with Gasteiger partial charge in [0.05, 0.1) is 40.3 Å². The largest absolute Gasteiger partial charge is 0.544 e. The standard InChI is InChI=1S/C52H91NO7/c1-6-8-10-12-14-16-18-20-22-24-25-26-27-29-31-33-35-37-39-41-43-51(55)60-48(46-58-45-44-49(52(56)57)53(3,4)5)47-59-50(54)42-40-38-36-34-32-30-28-23-21-19-17-15-13-11-9-7-2/h8,10,14,16,20,22-23,28,30,32,48-49H,6-7,9,11-13,15,17-19,21,24-27,29,31,33-47H2,1-5H3/b10-8+,16-14+,22-20+,28-23+,32-30+. The molecule has 0 fully saturated rings. The summed E-state index contributed by atoms with van der Waals surface area (Å²) in [6.07, 6.45) is 52.5. The number of carbonyl (C=O) groups is 3. The highest BCUT2D eigenvalue weighted by Gasteiger charge is 2.25. The first-order valence-corrected chi connectivity index (χ1v) is 24.3. The van der Waals surface area contributed by atoms with Crippen molar-refractivity contribution >= 4 is 17.9 Å². The fourth-order valence-corrected chi connectivity index (χ4v) is 6.90. The molecule has 0 aromatic carbocycles. The number of esters is 2. The third kappa shape index (κ3) is 40.4. The van der Waals surface area contributed by atoms with E-state index < -0.39 is 18.1 Å². The lowest BCUT2D eigenvalue weighted by Crippen LogP contribution is -2.55. The van der Waals surface area contributed by atoms with Gasteiger partial charge < -0.3 is 28.6 Å². The van der Waals surface area contributed by atoms with Crippen molar-refractivity contribution in [3.05, 3.63) is 60.8 Å². The van der Waals surface area contributed by atoms with Crippen molar-refractivity contribution in [3.63, 3.8) is 0 Å². The van der Waals surface area contributed by atoms with Crippen LogP contribution in [0.2, 0.25) is 0 Å². The summed E-state index contributed by atoms with van der Waals surface area (Å²) in [5.41, 5.74) is 0. The SMILES string of the molecule is CC/C=C/C/C=C/C/C=C/CCCCCCCCCCCCC(=O)OC(COCCC(C(=O)[O-])[N+](C)(C)C)COC(=O)CCCCC/C=C/C=C/CCCCCCCCC. The van der Waals surface area contributed by atoms with Gasteiger partial charge >= 0.3 is 11.9 Å². The van der Waals surface area contributed by atoms with E-state index >= 15 is 0 Å². The predicted octanol–water partition coefficient (Wildman–Crippen LogP) is 12.4. The second-order valence-corrected chi connectivity index (χ2v) is 17.3. The number of hydrogen-bond donors (Lipinski definition) is 0. The molecule has 0 N–H and O–H groups in total. The Morgan fingerprint density at radius 3 is 1.50 bits per heavy atom. The first-order chi connectivity index (χ1) is 29.1. The number of carboxylic acid groups (broad SMARTS) is 1. The van der Waals surface area contributed by atoms with Gasteiger partial charge in [-0.15, -0.1) is 0 Å². The fourth-order valence-electron chi connectivity index (χ4n) is 6.90. The normalized spacial score (nSPS) is 13.4. The molecule has 2 unspecified atom stereocenters. The number of unbranched alkanes of at least 4 members (excludes halogenated alkanes) is 20. The molecule has 0 rings (SSSR count). The minimum atomic E-state index is -1.13. The van der Waals surface area contributed by atoms with Crippen molar-refractivity contribution in [2.75, 3.05) is 41.0 Å². The van der Waals surface area contributed by atoms with Gasteiger partial charge in [0.2, 0.25) is 0 Å². The van der Waals surface area contributed by atoms with Crippen molar-refractivity contribution < 1.29 is 38.2 Å². The molecule has 8 nitrogen and oxygen atoms in total. The van der Waals surface area contributed by atoms with Crippen molar-refractivity contribution in [1.29, 1.82) is 0 Å². The monoisotopic (exact) mass is 842 g/mol. The molecule has 0 heterocycles. The van der Waals surface area contributed by atoms with Crippen LogP contribution in [0.1, 0.15) is 200 Å². The maximum atomic E-state index is 12.8. The number of carboxylic acids is 1. The summed E-state index contributed by atoms with van der Waals surface area (Å²) < 4.78 is 17.2. The van der Waals surface area contributed by atoms with E-state index in [4.69, 9.17) is 14.2 Å². The molecule has 0 aliphatic heterocycles. The average Bonchev–Trinajstić information content (AvgIpc) is 3.21. The van der Waals surface area contributed by atoms with Crippen LogP contribution in [0.5, 0.6) is 0 Å². The lowest BCUT2D eigenvalue weighted by molar-refractivity contribution is -0.889. The van der Waals surface area contributed by atoms with Crippen molar-refractivity contribution in [2.24, 2.45) is 0 Å². The maximum absolute atomic E-state index is 12.8. The smallest absolute Gasteiger partial charge is 0.306 e. The van der Waals surface area contributed by atoms with E-state index in [0.717, 1.165) is 70.6 Å². The van der Waals surface area contributed by atoms with Crippen LogP contribution in [0.3, 0.4) is 0 Å². The molecule has 0 aliphatic carbocycles. The summed E-state index contributed by atoms with van der Waals surface area (Å²) >= 11 is 0. The highest BCUT2D eigenvalue weighted by Crippen LogP contribution is 2.14. The van der Waals surface area contributed by atoms with Crippen LogP contribution < -0.4 is 5.11 Å². The minimum Gasteiger partial charge on any atom is -0.544 e. The molecule has 0 spiro atoms. The van der Waals surface area contributed by atoms with Gasteiger partial charge in [0.25, 0.3) is 0 Å². The summed E-state index contributed by atoms with van der Waals surface area (Å²) in [6.45, 7) is 4.52. The molecule has 0 saturated heterocycles. The molecule has 0 aliphatic rings. The van der Waals surface area contributed by atoms with Gasteiger partial charge in [-0.25, -0.2) is 0 Å². The van der Waals surface area contributed by atoms with Gasteiger partial charge in [0.1, 0.15) is 12.6 Å². The zero-order valence-electron chi connectivity index (χ0n) is 39.4. The fraction of sp³-hybridized carbons (Fsp3) is 0.750. The molecule has 8 heteroatoms. The van der Waals surface area contributed by atoms with Crippen molar-refractivity contribution in [3.8, 4) is 0 Å². The number of likely N-dealkylation sites (N-methyl/N-ethyl adjacent to an activating group) is 1. The molecule has 0 amide bonds. The van der Waals surface area contributed by atoms with Crippen LogP contribution in [-0.4, -0.2) is 75.5 Å². The van der Waals surface area contributed by atoms with Crippen LogP contribution in [0.4, 0.5) is 0 Å². The van der Waals surface area contributed by atoms with Crippen LogP contribution in [0.25, 0.3) is 0 Å². The second kappa shape index (κ2) is 42.7. The molecule has 0 bridgehead atoms. The van der Waals surface area contributed by atoms with Gasteiger partial charge in [0, 0.05) is 19.3 Å². The zero-order valence-corrected chi connectivity index (χ0v) is 39.4. The highest BCUT2D eigenvalue weighted by atomic mass is 16.6. The summed E-state index contributed by atoms with van der Waals surface area (Å²) in [5, 5.41) is 11.6. The molecule has 346 valence electrons. The molecule has 0 saturated carbocycles. The molecule has 2 atom stereocenters. The molecule has 60 heavy (non-hydrogen) atoms. The second-order valence-electron chi connectivity index (χ2n) is 17.3. The highest BCUT2D eigenvalue weighted by molar-refractivity contribution is 5.70. The predicted molar refractivity (Wildman–Crippen MR) is 249 cm³/mol. The summed E-state index contributed by atoms with van der Waals surface area (Å²) in [6, 6.07) is -0.732. The Bertz CT molecular complexity index is 1170. The molecular formula is C52H91NO7. The van der Waals surface area contributed by atoms with E-state index in [0.29, 0.717) is 12.8 Å². The van der Waals surface area contributed by atoms with E-state index in [9.17, 15) is 19.5 Å². The van der Waals surface area contributed by atoms with Gasteiger partial charge in [-0.05, 0) is 70.6 Å². The van der Waals surface area contributed by atoms with Crippen LogP contribution in [0.15, 0.2) is 60.8 Å². The van der Waals surface area contributed by atoms with Crippen molar-refractivity contribution in [2.45, 2.75) is 212 Å². The third-order valence-corrected chi connectivity index (χ3v) is 10.7. The molecule has 0 aromatic rings. The Morgan fingerprint density at radius 2 is 0.983 bits per heavy atom. The Labute approximate surface area is 368 Å². The van der Waals surface area contributed by atoms with Crippen molar-refractivity contribution in [1.82, 2.24) is 0 Å². The molecule has 0 aromatic heterocycles. The number of ether oxygens (including phenoxy) is 3. The number of carbonyl (C=O) groups excluding carboxylic acids is 3. The number of rotatable bonds is 43. The maximum Gasteiger partial charge on any atom is 0.306 e. The zero-order chi connectivity index (χ0) is 44.2. The number of nitrogens with zero attached hydrogens (tertiary/aromatic N) is 1. The average molecular weight is 842 g/mol. The van der Waals surface area contributed by atoms with Crippen LogP contribution in [-0.2, 0) is 28.6 Å². The number of hydrogen-bond acceptors (Lipinski definition) is 7. The minimum absolute atomic E-state index is 0.0292. The van der Waals surface area contributed by atoms with E-state index in [1.54, 1.807) is 21.1 Å². The van der Waals surface area contributed by atoms with Crippen LogP contribution >= 0.6 is 0 Å². The van der Waals surface area contributed by atoms with Gasteiger partial charge in [-0.1, -0.05) is 171 Å². The summed E-state index contributed by atoms with van der Waals surface area (Å²) in [4.78, 5) is 37.0. The van der Waals surface area contributed by atoms with E-state index in [-0.39, 0.29) is 42.7 Å². The number of allylic oxidation sites excluding steroid dienone is 10. The first kappa shape index (κ1) is 57.0. The Hall–Kier alpha value is -2.97. The van der Waals surface area contributed by atoms with E-state index in [2.05, 4.69) is 74.6 Å². The van der Waals surface area contributed by atoms with Gasteiger partial charge in [-0.3, -0.25) is 9.59 Å². The molecule has 0 radical (unpaired) electrons.